The second-order valence-electron chi connectivity index (χ2n) is 4.52. The average Bonchev–Trinajstić information content (AvgIpc) is 2.72. The molecule has 2 rings (SSSR count). The second-order valence-corrected chi connectivity index (χ2v) is 6.53. The minimum absolute atomic E-state index is 0.0340. The summed E-state index contributed by atoms with van der Waals surface area (Å²) in [4.78, 5) is 0. The molecule has 1 aliphatic rings. The predicted molar refractivity (Wildman–Crippen MR) is 75.5 cm³/mol. The molecule has 19 heavy (non-hydrogen) atoms. The van der Waals surface area contributed by atoms with E-state index in [-0.39, 0.29) is 12.4 Å². The van der Waals surface area contributed by atoms with Gasteiger partial charge in [0.2, 0.25) is 10.0 Å². The van der Waals surface area contributed by atoms with Crippen molar-refractivity contribution < 1.29 is 13.5 Å². The van der Waals surface area contributed by atoms with Gasteiger partial charge in [0, 0.05) is 18.5 Å². The van der Waals surface area contributed by atoms with E-state index < -0.39 is 10.0 Å². The molecule has 0 atom stereocenters. The molecule has 1 saturated heterocycles. The van der Waals surface area contributed by atoms with E-state index >= 15 is 0 Å². The molecular formula is C14H17NO3S. The standard InChI is InChI=1S/C14H17NO3S/c1-12-6-7-14(11-13(12)5-2-3-9-16)15-8-4-10-19(15,17)18/h6-7,11,16H,3-4,8-10H2,1H3. The van der Waals surface area contributed by atoms with Crippen LogP contribution in [0.3, 0.4) is 0 Å². The maximum Gasteiger partial charge on any atom is 0.235 e. The summed E-state index contributed by atoms with van der Waals surface area (Å²) in [6.45, 7) is 2.51. The third-order valence-electron chi connectivity index (χ3n) is 3.07. The quantitative estimate of drug-likeness (QED) is 0.829. The molecule has 0 saturated carbocycles. The largest absolute Gasteiger partial charge is 0.395 e. The van der Waals surface area contributed by atoms with Crippen LogP contribution in [0, 0.1) is 18.8 Å². The highest BCUT2D eigenvalue weighted by molar-refractivity contribution is 7.93. The number of nitrogens with zero attached hydrogens (tertiary/aromatic N) is 1. The Labute approximate surface area is 114 Å². The van der Waals surface area contributed by atoms with Gasteiger partial charge in [-0.1, -0.05) is 17.9 Å². The Bertz CT molecular complexity index is 626. The van der Waals surface area contributed by atoms with Crippen LogP contribution < -0.4 is 4.31 Å². The zero-order valence-electron chi connectivity index (χ0n) is 10.9. The van der Waals surface area contributed by atoms with E-state index in [1.807, 2.05) is 25.1 Å². The number of benzene rings is 1. The van der Waals surface area contributed by atoms with Crippen molar-refractivity contribution in [1.82, 2.24) is 0 Å². The number of hydrogen-bond donors (Lipinski definition) is 1. The van der Waals surface area contributed by atoms with Gasteiger partial charge in [-0.3, -0.25) is 4.31 Å². The normalized spacial score (nSPS) is 17.1. The van der Waals surface area contributed by atoms with Crippen LogP contribution >= 0.6 is 0 Å². The molecule has 0 bridgehead atoms. The van der Waals surface area contributed by atoms with E-state index in [0.717, 1.165) is 11.1 Å². The molecule has 0 radical (unpaired) electrons. The smallest absolute Gasteiger partial charge is 0.235 e. The van der Waals surface area contributed by atoms with Crippen LogP contribution in [0.4, 0.5) is 5.69 Å². The molecule has 1 N–H and O–H groups in total. The van der Waals surface area contributed by atoms with Crippen molar-refractivity contribution in [1.29, 1.82) is 0 Å². The summed E-state index contributed by atoms with van der Waals surface area (Å²) in [5, 5.41) is 8.72. The van der Waals surface area contributed by atoms with Crippen molar-refractivity contribution in [3.63, 3.8) is 0 Å². The SMILES string of the molecule is Cc1ccc(N2CCCS2(=O)=O)cc1C#CCCO. The second kappa shape index (κ2) is 5.64. The summed E-state index contributed by atoms with van der Waals surface area (Å²) in [7, 11) is -3.15. The van der Waals surface area contributed by atoms with Crippen LogP contribution in [0.25, 0.3) is 0 Å². The zero-order valence-corrected chi connectivity index (χ0v) is 11.7. The number of hydrogen-bond acceptors (Lipinski definition) is 3. The lowest BCUT2D eigenvalue weighted by molar-refractivity contribution is 0.305. The van der Waals surface area contributed by atoms with Crippen molar-refractivity contribution in [3.8, 4) is 11.8 Å². The molecule has 1 aromatic carbocycles. The van der Waals surface area contributed by atoms with Gasteiger partial charge in [-0.05, 0) is 31.0 Å². The summed E-state index contributed by atoms with van der Waals surface area (Å²) in [6.07, 6.45) is 1.09. The highest BCUT2D eigenvalue weighted by atomic mass is 32.2. The summed E-state index contributed by atoms with van der Waals surface area (Å²) < 4.78 is 25.2. The summed E-state index contributed by atoms with van der Waals surface area (Å²) in [6, 6.07) is 5.50. The Balaban J connectivity index is 2.34. The van der Waals surface area contributed by atoms with Crippen molar-refractivity contribution in [2.75, 3.05) is 23.2 Å². The van der Waals surface area contributed by atoms with Crippen molar-refractivity contribution >= 4 is 15.7 Å². The minimum atomic E-state index is -3.15. The summed E-state index contributed by atoms with van der Waals surface area (Å²) in [5.74, 6) is 6.05. The van der Waals surface area contributed by atoms with Crippen LogP contribution in [0.5, 0.6) is 0 Å². The predicted octanol–water partition coefficient (Wildman–Crippen LogP) is 1.27. The minimum Gasteiger partial charge on any atom is -0.395 e. The lowest BCUT2D eigenvalue weighted by Gasteiger charge is -2.17. The van der Waals surface area contributed by atoms with Crippen molar-refractivity contribution in [3.05, 3.63) is 29.3 Å². The first-order valence-electron chi connectivity index (χ1n) is 6.25. The Morgan fingerprint density at radius 2 is 2.21 bits per heavy atom. The summed E-state index contributed by atoms with van der Waals surface area (Å²) >= 11 is 0. The van der Waals surface area contributed by atoms with Crippen molar-refractivity contribution in [2.45, 2.75) is 19.8 Å². The first kappa shape index (κ1) is 13.9. The molecule has 5 heteroatoms. The van der Waals surface area contributed by atoms with Gasteiger partial charge >= 0.3 is 0 Å². The highest BCUT2D eigenvalue weighted by Crippen LogP contribution is 2.25. The topological polar surface area (TPSA) is 57.6 Å². The Hall–Kier alpha value is -1.51. The fourth-order valence-corrected chi connectivity index (χ4v) is 3.60. The van der Waals surface area contributed by atoms with E-state index in [2.05, 4.69) is 11.8 Å². The molecule has 0 spiro atoms. The molecule has 0 amide bonds. The summed E-state index contributed by atoms with van der Waals surface area (Å²) in [5.41, 5.74) is 2.50. The number of sulfonamides is 1. The van der Waals surface area contributed by atoms with Crippen LogP contribution in [-0.2, 0) is 10.0 Å². The van der Waals surface area contributed by atoms with E-state index in [1.54, 1.807) is 0 Å². The number of anilines is 1. The molecule has 102 valence electrons. The van der Waals surface area contributed by atoms with Gasteiger partial charge in [0.05, 0.1) is 18.0 Å². The van der Waals surface area contributed by atoms with E-state index in [1.165, 1.54) is 4.31 Å². The average molecular weight is 279 g/mol. The van der Waals surface area contributed by atoms with E-state index in [9.17, 15) is 8.42 Å². The van der Waals surface area contributed by atoms with Gasteiger partial charge in [0.25, 0.3) is 0 Å². The van der Waals surface area contributed by atoms with Gasteiger partial charge in [-0.25, -0.2) is 8.42 Å². The number of rotatable bonds is 2. The van der Waals surface area contributed by atoms with Gasteiger partial charge < -0.3 is 5.11 Å². The molecule has 1 heterocycles. The van der Waals surface area contributed by atoms with Gasteiger partial charge in [-0.2, -0.15) is 0 Å². The van der Waals surface area contributed by atoms with Crippen LogP contribution in [0.2, 0.25) is 0 Å². The zero-order chi connectivity index (χ0) is 13.9. The van der Waals surface area contributed by atoms with Gasteiger partial charge in [0.1, 0.15) is 0 Å². The van der Waals surface area contributed by atoms with Gasteiger partial charge in [-0.15, -0.1) is 0 Å². The molecule has 1 fully saturated rings. The van der Waals surface area contributed by atoms with Crippen LogP contribution in [0.15, 0.2) is 18.2 Å². The first-order valence-corrected chi connectivity index (χ1v) is 7.86. The monoisotopic (exact) mass is 279 g/mol. The maximum absolute atomic E-state index is 11.9. The highest BCUT2D eigenvalue weighted by Gasteiger charge is 2.28. The van der Waals surface area contributed by atoms with E-state index in [4.69, 9.17) is 5.11 Å². The van der Waals surface area contributed by atoms with Crippen molar-refractivity contribution in [2.24, 2.45) is 0 Å². The number of aryl methyl sites for hydroxylation is 1. The molecule has 0 aromatic heterocycles. The fraction of sp³-hybridized carbons (Fsp3) is 0.429. The third-order valence-corrected chi connectivity index (χ3v) is 4.94. The van der Waals surface area contributed by atoms with Gasteiger partial charge in [0.15, 0.2) is 0 Å². The maximum atomic E-state index is 11.9. The Kier molecular flexibility index (Phi) is 4.13. The van der Waals surface area contributed by atoms with E-state index in [0.29, 0.717) is 25.1 Å². The van der Waals surface area contributed by atoms with Crippen LogP contribution in [0.1, 0.15) is 24.0 Å². The Morgan fingerprint density at radius 3 is 2.84 bits per heavy atom. The molecule has 1 aliphatic heterocycles. The Morgan fingerprint density at radius 1 is 1.42 bits per heavy atom. The van der Waals surface area contributed by atoms with Crippen LogP contribution in [-0.4, -0.2) is 32.4 Å². The lowest BCUT2D eigenvalue weighted by Crippen LogP contribution is -2.25. The third kappa shape index (κ3) is 3.09. The molecule has 0 unspecified atom stereocenters. The first-order chi connectivity index (χ1) is 9.04. The molecular weight excluding hydrogens is 262 g/mol. The number of aliphatic hydroxyl groups is 1. The molecule has 0 aliphatic carbocycles. The lowest BCUT2D eigenvalue weighted by atomic mass is 10.1. The molecule has 4 nitrogen and oxygen atoms in total. The molecule has 1 aromatic rings. The fourth-order valence-electron chi connectivity index (χ4n) is 2.04. The number of aliphatic hydroxyl groups excluding tert-OH is 1.